The highest BCUT2D eigenvalue weighted by Gasteiger charge is 2.26. The molecular formula is C19H29N5O3S. The SMILES string of the molecule is CCCn1c(SCC(=O)N2CCCCC2CC)nc2c1c(=O)n(C)c(=O)n2C. The molecule has 3 rings (SSSR count). The standard InChI is InChI=1S/C19H29N5O3S/c1-5-10-24-15-16(21(3)19(27)22(4)17(15)26)20-18(24)28-12-14(25)23-11-8-7-9-13(23)6-2/h13H,5-12H2,1-4H3. The van der Waals surface area contributed by atoms with Crippen LogP contribution in [0.3, 0.4) is 0 Å². The summed E-state index contributed by atoms with van der Waals surface area (Å²) in [5.74, 6) is 0.408. The molecule has 0 saturated carbocycles. The summed E-state index contributed by atoms with van der Waals surface area (Å²) in [6.45, 7) is 5.58. The summed E-state index contributed by atoms with van der Waals surface area (Å²) in [7, 11) is 3.09. The third-order valence-electron chi connectivity index (χ3n) is 5.50. The lowest BCUT2D eigenvalue weighted by molar-refractivity contribution is -0.132. The largest absolute Gasteiger partial charge is 0.339 e. The molecule has 0 aromatic carbocycles. The topological polar surface area (TPSA) is 82.1 Å². The number of imidazole rings is 1. The predicted octanol–water partition coefficient (Wildman–Crippen LogP) is 1.73. The minimum atomic E-state index is -0.398. The van der Waals surface area contributed by atoms with Crippen LogP contribution in [0.15, 0.2) is 14.7 Å². The van der Waals surface area contributed by atoms with Gasteiger partial charge in [-0.2, -0.15) is 0 Å². The van der Waals surface area contributed by atoms with Crippen LogP contribution in [0.2, 0.25) is 0 Å². The van der Waals surface area contributed by atoms with Crippen LogP contribution in [0.5, 0.6) is 0 Å². The van der Waals surface area contributed by atoms with Crippen LogP contribution >= 0.6 is 11.8 Å². The van der Waals surface area contributed by atoms with Crippen LogP contribution < -0.4 is 11.2 Å². The number of thioether (sulfide) groups is 1. The van der Waals surface area contributed by atoms with Crippen molar-refractivity contribution in [1.82, 2.24) is 23.6 Å². The number of amides is 1. The van der Waals surface area contributed by atoms with Crippen molar-refractivity contribution in [3.05, 3.63) is 20.8 Å². The number of aromatic nitrogens is 4. The van der Waals surface area contributed by atoms with E-state index in [9.17, 15) is 14.4 Å². The summed E-state index contributed by atoms with van der Waals surface area (Å²) in [5.41, 5.74) is 0.0522. The van der Waals surface area contributed by atoms with E-state index in [1.54, 1.807) is 7.05 Å². The molecule has 2 aromatic heterocycles. The Bertz CT molecular complexity index is 990. The normalized spacial score (nSPS) is 17.4. The number of hydrogen-bond donors (Lipinski definition) is 0. The predicted molar refractivity (Wildman–Crippen MR) is 111 cm³/mol. The van der Waals surface area contributed by atoms with Crippen LogP contribution in [-0.2, 0) is 25.4 Å². The number of hydrogen-bond acceptors (Lipinski definition) is 5. The van der Waals surface area contributed by atoms with E-state index >= 15 is 0 Å². The van der Waals surface area contributed by atoms with Crippen LogP contribution in [0.25, 0.3) is 11.2 Å². The maximum absolute atomic E-state index is 12.8. The number of carbonyl (C=O) groups excluding carboxylic acids is 1. The van der Waals surface area contributed by atoms with Gasteiger partial charge in [-0.25, -0.2) is 9.78 Å². The Morgan fingerprint density at radius 3 is 2.61 bits per heavy atom. The number of likely N-dealkylation sites (tertiary alicyclic amines) is 1. The molecule has 2 aromatic rings. The van der Waals surface area contributed by atoms with Crippen molar-refractivity contribution < 1.29 is 4.79 Å². The van der Waals surface area contributed by atoms with Crippen molar-refractivity contribution in [2.75, 3.05) is 12.3 Å². The maximum Gasteiger partial charge on any atom is 0.332 e. The van der Waals surface area contributed by atoms with E-state index in [-0.39, 0.29) is 17.2 Å². The van der Waals surface area contributed by atoms with E-state index in [0.717, 1.165) is 36.8 Å². The van der Waals surface area contributed by atoms with Crippen molar-refractivity contribution in [2.45, 2.75) is 63.7 Å². The van der Waals surface area contributed by atoms with Gasteiger partial charge in [0, 0.05) is 33.2 Å². The lowest BCUT2D eigenvalue weighted by Crippen LogP contribution is -2.44. The molecule has 9 heteroatoms. The minimum Gasteiger partial charge on any atom is -0.339 e. The summed E-state index contributed by atoms with van der Waals surface area (Å²) in [6.07, 6.45) is 5.10. The molecule has 0 bridgehead atoms. The molecular weight excluding hydrogens is 378 g/mol. The van der Waals surface area contributed by atoms with Crippen molar-refractivity contribution in [2.24, 2.45) is 14.1 Å². The molecule has 1 saturated heterocycles. The second-order valence-electron chi connectivity index (χ2n) is 7.36. The first-order chi connectivity index (χ1) is 13.4. The monoisotopic (exact) mass is 407 g/mol. The molecule has 1 aliphatic heterocycles. The molecule has 1 amide bonds. The molecule has 0 spiro atoms. The third-order valence-corrected chi connectivity index (χ3v) is 6.46. The number of piperidine rings is 1. The van der Waals surface area contributed by atoms with Crippen LogP contribution in [0.1, 0.15) is 46.0 Å². The molecule has 0 aliphatic carbocycles. The van der Waals surface area contributed by atoms with Gasteiger partial charge in [-0.05, 0) is 32.1 Å². The molecule has 154 valence electrons. The quantitative estimate of drug-likeness (QED) is 0.681. The molecule has 0 N–H and O–H groups in total. The Kier molecular flexibility index (Phi) is 6.32. The van der Waals surface area contributed by atoms with Crippen molar-refractivity contribution >= 4 is 28.8 Å². The molecule has 0 radical (unpaired) electrons. The molecule has 1 fully saturated rings. The summed E-state index contributed by atoms with van der Waals surface area (Å²) in [5, 5.41) is 0.619. The minimum absolute atomic E-state index is 0.119. The van der Waals surface area contributed by atoms with Gasteiger partial charge in [0.25, 0.3) is 5.56 Å². The van der Waals surface area contributed by atoms with Crippen molar-refractivity contribution in [3.8, 4) is 0 Å². The number of nitrogens with zero attached hydrogens (tertiary/aromatic N) is 5. The van der Waals surface area contributed by atoms with Gasteiger partial charge in [-0.3, -0.25) is 18.7 Å². The summed E-state index contributed by atoms with van der Waals surface area (Å²) in [4.78, 5) is 44.3. The van der Waals surface area contributed by atoms with Crippen molar-refractivity contribution in [3.63, 3.8) is 0 Å². The van der Waals surface area contributed by atoms with Crippen LogP contribution in [-0.4, -0.2) is 47.8 Å². The first-order valence-electron chi connectivity index (χ1n) is 9.99. The van der Waals surface area contributed by atoms with Gasteiger partial charge in [0.2, 0.25) is 5.91 Å². The second kappa shape index (κ2) is 8.55. The molecule has 3 heterocycles. The number of rotatable bonds is 6. The van der Waals surface area contributed by atoms with E-state index in [0.29, 0.717) is 28.9 Å². The molecule has 8 nitrogen and oxygen atoms in total. The van der Waals surface area contributed by atoms with Crippen molar-refractivity contribution in [1.29, 1.82) is 0 Å². The Morgan fingerprint density at radius 1 is 1.18 bits per heavy atom. The van der Waals surface area contributed by atoms with E-state index in [1.807, 2.05) is 16.4 Å². The van der Waals surface area contributed by atoms with Gasteiger partial charge in [-0.15, -0.1) is 0 Å². The van der Waals surface area contributed by atoms with Gasteiger partial charge in [-0.1, -0.05) is 25.6 Å². The lowest BCUT2D eigenvalue weighted by atomic mass is 10.0. The summed E-state index contributed by atoms with van der Waals surface area (Å²) in [6, 6.07) is 0.324. The Hall–Kier alpha value is -2.03. The number of fused-ring (bicyclic) bond motifs is 1. The van der Waals surface area contributed by atoms with Gasteiger partial charge < -0.3 is 9.47 Å². The fraction of sp³-hybridized carbons (Fsp3) is 0.684. The number of aryl methyl sites for hydroxylation is 2. The van der Waals surface area contributed by atoms with Gasteiger partial charge >= 0.3 is 5.69 Å². The smallest absolute Gasteiger partial charge is 0.332 e. The van der Waals surface area contributed by atoms with Crippen LogP contribution in [0.4, 0.5) is 0 Å². The van der Waals surface area contributed by atoms with Gasteiger partial charge in [0.15, 0.2) is 16.3 Å². The first kappa shape index (κ1) is 20.7. The molecule has 1 unspecified atom stereocenters. The average molecular weight is 408 g/mol. The van der Waals surface area contributed by atoms with E-state index in [2.05, 4.69) is 11.9 Å². The fourth-order valence-electron chi connectivity index (χ4n) is 3.93. The highest BCUT2D eigenvalue weighted by molar-refractivity contribution is 7.99. The maximum atomic E-state index is 12.8. The van der Waals surface area contributed by atoms with Gasteiger partial charge in [0.05, 0.1) is 5.75 Å². The fourth-order valence-corrected chi connectivity index (χ4v) is 4.84. The zero-order chi connectivity index (χ0) is 20.4. The van der Waals surface area contributed by atoms with Gasteiger partial charge in [0.1, 0.15) is 0 Å². The Labute approximate surface area is 168 Å². The number of carbonyl (C=O) groups is 1. The average Bonchev–Trinajstić information content (AvgIpc) is 3.07. The first-order valence-corrected chi connectivity index (χ1v) is 11.0. The summed E-state index contributed by atoms with van der Waals surface area (Å²) >= 11 is 1.35. The zero-order valence-corrected chi connectivity index (χ0v) is 17.9. The molecule has 1 atom stereocenters. The second-order valence-corrected chi connectivity index (χ2v) is 8.30. The van der Waals surface area contributed by atoms with Crippen LogP contribution in [0, 0.1) is 0 Å². The van der Waals surface area contributed by atoms with E-state index in [1.165, 1.54) is 29.8 Å². The highest BCUT2D eigenvalue weighted by atomic mass is 32.2. The zero-order valence-electron chi connectivity index (χ0n) is 17.1. The lowest BCUT2D eigenvalue weighted by Gasteiger charge is -2.35. The highest BCUT2D eigenvalue weighted by Crippen LogP contribution is 2.25. The molecule has 28 heavy (non-hydrogen) atoms. The van der Waals surface area contributed by atoms with E-state index in [4.69, 9.17) is 0 Å². The Morgan fingerprint density at radius 2 is 1.93 bits per heavy atom. The Balaban J connectivity index is 1.92. The van der Waals surface area contributed by atoms with E-state index < -0.39 is 5.69 Å². The third kappa shape index (κ3) is 3.64. The molecule has 1 aliphatic rings. The summed E-state index contributed by atoms with van der Waals surface area (Å²) < 4.78 is 4.35.